The first-order chi connectivity index (χ1) is 11.8. The second-order valence-corrected chi connectivity index (χ2v) is 6.57. The first kappa shape index (κ1) is 15.1. The number of anilines is 1. The molecule has 124 valence electrons. The fourth-order valence-corrected chi connectivity index (χ4v) is 3.89. The van der Waals surface area contributed by atoms with E-state index in [1.807, 2.05) is 6.07 Å². The van der Waals surface area contributed by atoms with Crippen molar-refractivity contribution >= 4 is 5.69 Å². The molecule has 5 nitrogen and oxygen atoms in total. The van der Waals surface area contributed by atoms with Gasteiger partial charge < -0.3 is 9.47 Å². The van der Waals surface area contributed by atoms with Gasteiger partial charge in [-0.05, 0) is 43.9 Å². The molecule has 0 saturated carbocycles. The molecule has 1 aromatic heterocycles. The van der Waals surface area contributed by atoms with Crippen LogP contribution in [0.1, 0.15) is 55.4 Å². The largest absolute Gasteiger partial charge is 0.359 e. The van der Waals surface area contributed by atoms with Crippen LogP contribution < -0.4 is 4.90 Å². The molecule has 1 atom stereocenters. The number of benzene rings is 1. The van der Waals surface area contributed by atoms with Crippen molar-refractivity contribution in [3.8, 4) is 6.07 Å². The molecule has 0 radical (unpaired) electrons. The Hall–Kier alpha value is -2.42. The van der Waals surface area contributed by atoms with Gasteiger partial charge in [0.1, 0.15) is 11.6 Å². The number of fused-ring (bicyclic) bond motifs is 1. The number of aryl methyl sites for hydroxylation is 1. The van der Waals surface area contributed by atoms with E-state index in [2.05, 4.69) is 19.7 Å². The lowest BCUT2D eigenvalue weighted by molar-refractivity contribution is 0.552. The Kier molecular flexibility index (Phi) is 3.93. The Morgan fingerprint density at radius 1 is 1.12 bits per heavy atom. The third kappa shape index (κ3) is 2.54. The van der Waals surface area contributed by atoms with E-state index in [0.29, 0.717) is 11.3 Å². The molecule has 2 aliphatic rings. The summed E-state index contributed by atoms with van der Waals surface area (Å²) in [6.45, 7) is 1.76. The molecule has 1 saturated heterocycles. The predicted octanol–water partition coefficient (Wildman–Crippen LogP) is 3.36. The maximum absolute atomic E-state index is 14.5. The highest BCUT2D eigenvalue weighted by Gasteiger charge is 2.32. The van der Waals surface area contributed by atoms with Crippen molar-refractivity contribution in [1.82, 2.24) is 14.8 Å². The van der Waals surface area contributed by atoms with Crippen molar-refractivity contribution < 1.29 is 4.39 Å². The molecule has 2 aromatic rings. The smallest absolute Gasteiger partial charge is 0.155 e. The fourth-order valence-electron chi connectivity index (χ4n) is 3.89. The second kappa shape index (κ2) is 6.23. The van der Waals surface area contributed by atoms with Gasteiger partial charge in [0.25, 0.3) is 0 Å². The van der Waals surface area contributed by atoms with Crippen molar-refractivity contribution in [2.24, 2.45) is 0 Å². The number of aromatic nitrogens is 3. The Bertz CT molecular complexity index is 791. The number of hydrogen-bond donors (Lipinski definition) is 0. The SMILES string of the molecule is N#Cc1ccc(N2CCC[C@H]2c2nnc3n2CCCCC3)c(F)c1. The summed E-state index contributed by atoms with van der Waals surface area (Å²) in [4.78, 5) is 2.08. The first-order valence-electron chi connectivity index (χ1n) is 8.66. The third-order valence-corrected chi connectivity index (χ3v) is 5.08. The van der Waals surface area contributed by atoms with Crippen LogP contribution in [0.25, 0.3) is 0 Å². The highest BCUT2D eigenvalue weighted by Crippen LogP contribution is 2.37. The number of hydrogen-bond acceptors (Lipinski definition) is 4. The molecule has 1 fully saturated rings. The molecule has 24 heavy (non-hydrogen) atoms. The second-order valence-electron chi connectivity index (χ2n) is 6.57. The van der Waals surface area contributed by atoms with Gasteiger partial charge in [-0.3, -0.25) is 0 Å². The maximum Gasteiger partial charge on any atom is 0.155 e. The molecule has 0 N–H and O–H groups in total. The lowest BCUT2D eigenvalue weighted by atomic mass is 10.1. The third-order valence-electron chi connectivity index (χ3n) is 5.08. The molecular formula is C18H20FN5. The molecule has 6 heteroatoms. The molecular weight excluding hydrogens is 305 g/mol. The Balaban J connectivity index is 1.69. The number of nitriles is 1. The molecule has 0 bridgehead atoms. The van der Waals surface area contributed by atoms with Crippen LogP contribution in [0.15, 0.2) is 18.2 Å². The highest BCUT2D eigenvalue weighted by molar-refractivity contribution is 5.53. The molecule has 0 unspecified atom stereocenters. The zero-order valence-electron chi connectivity index (χ0n) is 13.6. The van der Waals surface area contributed by atoms with Crippen LogP contribution in [0.2, 0.25) is 0 Å². The van der Waals surface area contributed by atoms with Gasteiger partial charge in [0.2, 0.25) is 0 Å². The van der Waals surface area contributed by atoms with E-state index in [9.17, 15) is 4.39 Å². The van der Waals surface area contributed by atoms with Crippen LogP contribution in [0.4, 0.5) is 10.1 Å². The Morgan fingerprint density at radius 2 is 2.04 bits per heavy atom. The summed E-state index contributed by atoms with van der Waals surface area (Å²) >= 11 is 0. The van der Waals surface area contributed by atoms with Crippen LogP contribution in [0.3, 0.4) is 0 Å². The average Bonchev–Trinajstić information content (AvgIpc) is 3.15. The van der Waals surface area contributed by atoms with Gasteiger partial charge in [0, 0.05) is 19.5 Å². The van der Waals surface area contributed by atoms with Gasteiger partial charge in [-0.2, -0.15) is 5.26 Å². The quantitative estimate of drug-likeness (QED) is 0.849. The molecule has 4 rings (SSSR count). The summed E-state index contributed by atoms with van der Waals surface area (Å²) in [5.74, 6) is 1.69. The maximum atomic E-state index is 14.5. The summed E-state index contributed by atoms with van der Waals surface area (Å²) in [5.41, 5.74) is 0.908. The van der Waals surface area contributed by atoms with Gasteiger partial charge in [0.15, 0.2) is 5.82 Å². The zero-order chi connectivity index (χ0) is 16.5. The van der Waals surface area contributed by atoms with Gasteiger partial charge in [0.05, 0.1) is 23.4 Å². The van der Waals surface area contributed by atoms with E-state index in [1.165, 1.54) is 12.5 Å². The topological polar surface area (TPSA) is 57.7 Å². The van der Waals surface area contributed by atoms with Gasteiger partial charge in [-0.1, -0.05) is 6.42 Å². The minimum Gasteiger partial charge on any atom is -0.359 e. The number of halogens is 1. The van der Waals surface area contributed by atoms with Crippen molar-refractivity contribution in [2.45, 2.75) is 51.1 Å². The standard InChI is InChI=1S/C18H20FN5/c19-14-11-13(12-20)7-8-15(14)23-10-4-5-16(23)18-22-21-17-6-2-1-3-9-24(17)18/h7-8,11,16H,1-6,9-10H2/t16-/m0/s1. The Labute approximate surface area is 140 Å². The van der Waals surface area contributed by atoms with E-state index < -0.39 is 0 Å². The molecule has 0 spiro atoms. The van der Waals surface area contributed by atoms with E-state index in [0.717, 1.165) is 56.8 Å². The van der Waals surface area contributed by atoms with Gasteiger partial charge in [-0.15, -0.1) is 10.2 Å². The van der Waals surface area contributed by atoms with E-state index in [4.69, 9.17) is 5.26 Å². The number of rotatable bonds is 2. The van der Waals surface area contributed by atoms with Crippen LogP contribution in [-0.4, -0.2) is 21.3 Å². The van der Waals surface area contributed by atoms with Gasteiger partial charge >= 0.3 is 0 Å². The molecule has 2 aliphatic heterocycles. The fraction of sp³-hybridized carbons (Fsp3) is 0.500. The monoisotopic (exact) mass is 325 g/mol. The summed E-state index contributed by atoms with van der Waals surface area (Å²) in [6, 6.07) is 6.76. The van der Waals surface area contributed by atoms with E-state index in [-0.39, 0.29) is 11.9 Å². The number of nitrogens with zero attached hydrogens (tertiary/aromatic N) is 5. The van der Waals surface area contributed by atoms with Gasteiger partial charge in [-0.25, -0.2) is 4.39 Å². The summed E-state index contributed by atoms with van der Waals surface area (Å²) in [5, 5.41) is 17.8. The molecule has 0 aliphatic carbocycles. The van der Waals surface area contributed by atoms with Crippen LogP contribution >= 0.6 is 0 Å². The first-order valence-corrected chi connectivity index (χ1v) is 8.66. The normalized spacial score (nSPS) is 20.5. The van der Waals surface area contributed by atoms with Crippen LogP contribution in [0.5, 0.6) is 0 Å². The summed E-state index contributed by atoms with van der Waals surface area (Å²) in [6.07, 6.45) is 6.48. The van der Waals surface area contributed by atoms with Crippen LogP contribution in [0, 0.1) is 17.1 Å². The molecule has 0 amide bonds. The highest BCUT2D eigenvalue weighted by atomic mass is 19.1. The van der Waals surface area contributed by atoms with Crippen molar-refractivity contribution in [3.05, 3.63) is 41.2 Å². The van der Waals surface area contributed by atoms with Crippen LogP contribution in [-0.2, 0) is 13.0 Å². The molecule has 1 aromatic carbocycles. The lowest BCUT2D eigenvalue weighted by Gasteiger charge is -2.27. The van der Waals surface area contributed by atoms with E-state index >= 15 is 0 Å². The summed E-state index contributed by atoms with van der Waals surface area (Å²) < 4.78 is 16.7. The lowest BCUT2D eigenvalue weighted by Crippen LogP contribution is -2.26. The average molecular weight is 325 g/mol. The molecule has 3 heterocycles. The predicted molar refractivity (Wildman–Crippen MR) is 88.0 cm³/mol. The van der Waals surface area contributed by atoms with Crippen molar-refractivity contribution in [2.75, 3.05) is 11.4 Å². The Morgan fingerprint density at radius 3 is 2.88 bits per heavy atom. The minimum atomic E-state index is -0.337. The zero-order valence-corrected chi connectivity index (χ0v) is 13.6. The minimum absolute atomic E-state index is 0.0618. The van der Waals surface area contributed by atoms with E-state index in [1.54, 1.807) is 12.1 Å². The van der Waals surface area contributed by atoms with Crippen molar-refractivity contribution in [3.63, 3.8) is 0 Å². The summed E-state index contributed by atoms with van der Waals surface area (Å²) in [7, 11) is 0. The van der Waals surface area contributed by atoms with Crippen molar-refractivity contribution in [1.29, 1.82) is 5.26 Å².